The quantitative estimate of drug-likeness (QED) is 0.421. The molecule has 1 unspecified atom stereocenters. The van der Waals surface area contributed by atoms with E-state index in [9.17, 15) is 0 Å². The van der Waals surface area contributed by atoms with Crippen molar-refractivity contribution >= 4 is 23.9 Å². The Morgan fingerprint density at radius 3 is 1.68 bits per heavy atom. The third-order valence-corrected chi connectivity index (χ3v) is 3.05. The molecule has 2 heteroatoms. The van der Waals surface area contributed by atoms with Crippen LogP contribution in [0.15, 0.2) is 41.9 Å². The minimum absolute atomic E-state index is 0. The van der Waals surface area contributed by atoms with Crippen molar-refractivity contribution in [2.24, 2.45) is 5.92 Å². The van der Waals surface area contributed by atoms with Crippen LogP contribution in [0.2, 0.25) is 0 Å². The maximum absolute atomic E-state index is 3.14. The van der Waals surface area contributed by atoms with Gasteiger partial charge in [-0.25, -0.2) is 0 Å². The zero-order chi connectivity index (χ0) is 16.3. The van der Waals surface area contributed by atoms with Crippen molar-refractivity contribution in [1.82, 2.24) is 5.32 Å². The number of rotatable bonds is 3. The number of allylic oxidation sites excluding steroid dienone is 2. The third kappa shape index (κ3) is 17.6. The average Bonchev–Trinajstić information content (AvgIpc) is 3.04. The minimum atomic E-state index is 0. The van der Waals surface area contributed by atoms with Crippen LogP contribution in [0, 0.1) is 5.92 Å². The van der Waals surface area contributed by atoms with Gasteiger partial charge >= 0.3 is 0 Å². The van der Waals surface area contributed by atoms with Gasteiger partial charge in [0.2, 0.25) is 0 Å². The van der Waals surface area contributed by atoms with E-state index < -0.39 is 0 Å². The van der Waals surface area contributed by atoms with Crippen molar-refractivity contribution in [2.45, 2.75) is 80.1 Å². The van der Waals surface area contributed by atoms with Crippen LogP contribution in [-0.4, -0.2) is 23.9 Å². The van der Waals surface area contributed by atoms with E-state index in [0.29, 0.717) is 5.92 Å². The molecular formula is C20H37NSn. The van der Waals surface area contributed by atoms with E-state index in [1.165, 1.54) is 44.2 Å². The molecule has 0 saturated heterocycles. The van der Waals surface area contributed by atoms with Crippen LogP contribution in [-0.2, 0) is 0 Å². The Labute approximate surface area is 157 Å². The monoisotopic (exact) mass is 411 g/mol. The summed E-state index contributed by atoms with van der Waals surface area (Å²) in [5.74, 6) is 0.468. The molecule has 2 rings (SSSR count). The molecule has 1 aliphatic heterocycles. The van der Waals surface area contributed by atoms with Crippen LogP contribution in [0.1, 0.15) is 80.1 Å². The number of fused-ring (bicyclic) bond motifs is 1. The Hall–Kier alpha value is -0.401. The van der Waals surface area contributed by atoms with Crippen molar-refractivity contribution < 1.29 is 0 Å². The summed E-state index contributed by atoms with van der Waals surface area (Å²) in [4.78, 5) is 0. The van der Waals surface area contributed by atoms with E-state index in [-0.39, 0.29) is 23.9 Å². The van der Waals surface area contributed by atoms with Crippen LogP contribution < -0.4 is 5.32 Å². The molecule has 1 atom stereocenters. The molecule has 0 aromatic heterocycles. The second kappa shape index (κ2) is 22.9. The smallest absolute Gasteiger partial charge is 0.0442 e. The minimum Gasteiger partial charge on any atom is -0.364 e. The van der Waals surface area contributed by atoms with Gasteiger partial charge < -0.3 is 5.32 Å². The van der Waals surface area contributed by atoms with Crippen molar-refractivity contribution in [1.29, 1.82) is 0 Å². The van der Waals surface area contributed by atoms with E-state index in [1.807, 2.05) is 24.4 Å². The number of nitrogens with one attached hydrogen (secondary N) is 1. The predicted octanol–water partition coefficient (Wildman–Crippen LogP) is 6.37. The van der Waals surface area contributed by atoms with Gasteiger partial charge in [0, 0.05) is 35.5 Å². The number of hydrogen-bond donors (Lipinski definition) is 1. The van der Waals surface area contributed by atoms with Crippen LogP contribution in [0.3, 0.4) is 0 Å². The Morgan fingerprint density at radius 2 is 1.32 bits per heavy atom. The van der Waals surface area contributed by atoms with Gasteiger partial charge in [-0.05, 0) is 24.4 Å². The summed E-state index contributed by atoms with van der Waals surface area (Å²) in [6, 6.07) is 0. The van der Waals surface area contributed by atoms with E-state index >= 15 is 0 Å². The first-order valence-electron chi connectivity index (χ1n) is 8.77. The maximum Gasteiger partial charge on any atom is 0.0442 e. The molecule has 0 fully saturated rings. The zero-order valence-corrected chi connectivity index (χ0v) is 18.6. The van der Waals surface area contributed by atoms with Gasteiger partial charge in [-0.1, -0.05) is 86.1 Å². The summed E-state index contributed by atoms with van der Waals surface area (Å²) in [6.45, 7) is 13.1. The van der Waals surface area contributed by atoms with Crippen LogP contribution in [0.5, 0.6) is 0 Å². The fourth-order valence-electron chi connectivity index (χ4n) is 1.05. The Balaban J connectivity index is -0.000000241. The third-order valence-electron chi connectivity index (χ3n) is 3.05. The Bertz CT molecular complexity index is 307. The molecule has 0 aromatic carbocycles. The molecule has 22 heavy (non-hydrogen) atoms. The van der Waals surface area contributed by atoms with Gasteiger partial charge in [0.05, 0.1) is 0 Å². The van der Waals surface area contributed by atoms with E-state index in [0.717, 1.165) is 0 Å². The van der Waals surface area contributed by atoms with Crippen molar-refractivity contribution in [3.8, 4) is 0 Å². The second-order valence-corrected chi connectivity index (χ2v) is 5.15. The predicted molar refractivity (Wildman–Crippen MR) is 104 cm³/mol. The topological polar surface area (TPSA) is 12.0 Å². The van der Waals surface area contributed by atoms with Crippen molar-refractivity contribution in [3.05, 3.63) is 41.9 Å². The van der Waals surface area contributed by atoms with Crippen LogP contribution in [0.4, 0.5) is 0 Å². The molecular weight excluding hydrogens is 373 g/mol. The molecule has 0 amide bonds. The number of unbranched alkanes of at least 4 members (excludes halogenated alkanes) is 3. The molecule has 1 aliphatic carbocycles. The first kappa shape index (κ1) is 26.5. The molecule has 0 saturated carbocycles. The molecule has 0 spiro atoms. The van der Waals surface area contributed by atoms with Gasteiger partial charge in [0.25, 0.3) is 0 Å². The molecule has 1 nitrogen and oxygen atoms in total. The first-order chi connectivity index (χ1) is 10.2. The molecule has 2 aliphatic rings. The summed E-state index contributed by atoms with van der Waals surface area (Å²) in [5.41, 5.74) is 4.30. The Morgan fingerprint density at radius 1 is 0.864 bits per heavy atom. The molecule has 4 radical (unpaired) electrons. The number of hydrogen-bond acceptors (Lipinski definition) is 1. The summed E-state index contributed by atoms with van der Waals surface area (Å²) >= 11 is 0. The standard InChI is InChI=1S/C8H7N.3C4H10.Sn/c1-2-4-8-7(3-1)5-6-9-8;3*1-3-4-2;/h2-7,9H;3*3-4H2,1-2H3;. The molecule has 1 heterocycles. The second-order valence-electron chi connectivity index (χ2n) is 5.15. The molecule has 1 N–H and O–H groups in total. The van der Waals surface area contributed by atoms with Gasteiger partial charge in [-0.3, -0.25) is 0 Å². The van der Waals surface area contributed by atoms with Crippen LogP contribution in [0.25, 0.3) is 0 Å². The fourth-order valence-corrected chi connectivity index (χ4v) is 1.05. The van der Waals surface area contributed by atoms with Gasteiger partial charge in [0.1, 0.15) is 0 Å². The van der Waals surface area contributed by atoms with Crippen molar-refractivity contribution in [2.75, 3.05) is 0 Å². The largest absolute Gasteiger partial charge is 0.364 e. The van der Waals surface area contributed by atoms with Crippen molar-refractivity contribution in [3.63, 3.8) is 0 Å². The van der Waals surface area contributed by atoms with E-state index in [1.54, 1.807) is 0 Å². The van der Waals surface area contributed by atoms with Gasteiger partial charge in [-0.15, -0.1) is 5.73 Å². The molecule has 0 bridgehead atoms. The zero-order valence-electron chi connectivity index (χ0n) is 15.7. The van der Waals surface area contributed by atoms with E-state index in [2.05, 4.69) is 58.7 Å². The van der Waals surface area contributed by atoms with Gasteiger partial charge in [-0.2, -0.15) is 0 Å². The SMILES string of the molecule is C1=CC=C2NC=CC2C=1.CCCC.CCCC.CCCC.[Sn]. The average molecular weight is 410 g/mol. The summed E-state index contributed by atoms with van der Waals surface area (Å²) in [7, 11) is 0. The molecule has 0 aromatic rings. The fraction of sp³-hybridized carbons (Fsp3) is 0.650. The Kier molecular flexibility index (Phi) is 27.5. The van der Waals surface area contributed by atoms with E-state index in [4.69, 9.17) is 0 Å². The van der Waals surface area contributed by atoms with Crippen LogP contribution >= 0.6 is 0 Å². The van der Waals surface area contributed by atoms with Gasteiger partial charge in [0.15, 0.2) is 0 Å². The summed E-state index contributed by atoms with van der Waals surface area (Å²) in [6.07, 6.45) is 18.0. The summed E-state index contributed by atoms with van der Waals surface area (Å²) in [5, 5.41) is 3.14. The summed E-state index contributed by atoms with van der Waals surface area (Å²) < 4.78 is 0. The maximum atomic E-state index is 3.14. The first-order valence-corrected chi connectivity index (χ1v) is 8.77. The normalized spacial score (nSPS) is 15.4. The molecule has 126 valence electrons.